The van der Waals surface area contributed by atoms with E-state index in [1.54, 1.807) is 7.11 Å². The van der Waals surface area contributed by atoms with Crippen LogP contribution in [0.15, 0.2) is 0 Å². The van der Waals surface area contributed by atoms with Crippen molar-refractivity contribution in [1.29, 1.82) is 0 Å². The Morgan fingerprint density at radius 2 is 1.94 bits per heavy atom. The molecule has 1 rings (SSSR count). The minimum Gasteiger partial charge on any atom is -0.385 e. The first-order valence-electron chi connectivity index (χ1n) is 6.04. The van der Waals surface area contributed by atoms with Crippen LogP contribution >= 0.6 is 10.7 Å². The van der Waals surface area contributed by atoms with Gasteiger partial charge in [-0.1, -0.05) is 0 Å². The lowest BCUT2D eigenvalue weighted by Gasteiger charge is -2.35. The summed E-state index contributed by atoms with van der Waals surface area (Å²) in [4.78, 5) is 0. The molecule has 1 fully saturated rings. The van der Waals surface area contributed by atoms with Gasteiger partial charge in [0.1, 0.15) is 0 Å². The molecule has 18 heavy (non-hydrogen) atoms. The summed E-state index contributed by atoms with van der Waals surface area (Å²) in [5.74, 6) is -0.0464. The van der Waals surface area contributed by atoms with Gasteiger partial charge < -0.3 is 14.2 Å². The van der Waals surface area contributed by atoms with E-state index < -0.39 is 14.5 Å². The van der Waals surface area contributed by atoms with E-state index in [9.17, 15) is 8.42 Å². The summed E-state index contributed by atoms with van der Waals surface area (Å²) in [6, 6.07) is 0. The molecule has 0 aromatic rings. The van der Waals surface area contributed by atoms with Crippen molar-refractivity contribution < 1.29 is 22.6 Å². The summed E-state index contributed by atoms with van der Waals surface area (Å²) in [7, 11) is 3.50. The van der Waals surface area contributed by atoms with E-state index in [2.05, 4.69) is 0 Å². The summed E-state index contributed by atoms with van der Waals surface area (Å²) < 4.78 is 38.3. The number of hydrogen-bond acceptors (Lipinski definition) is 5. The molecule has 5 nitrogen and oxygen atoms in total. The molecule has 0 aromatic carbocycles. The molecule has 0 radical (unpaired) electrons. The molecule has 7 heteroatoms. The zero-order valence-electron chi connectivity index (χ0n) is 10.7. The van der Waals surface area contributed by atoms with Gasteiger partial charge >= 0.3 is 0 Å². The van der Waals surface area contributed by atoms with Crippen LogP contribution in [0.3, 0.4) is 0 Å². The van der Waals surface area contributed by atoms with Gasteiger partial charge in [0.15, 0.2) is 0 Å². The van der Waals surface area contributed by atoms with E-state index in [4.69, 9.17) is 24.9 Å². The highest BCUT2D eigenvalue weighted by Crippen LogP contribution is 2.33. The molecule has 108 valence electrons. The lowest BCUT2D eigenvalue weighted by atomic mass is 9.83. The standard InChI is InChI=1S/C11H21ClO5S/c1-15-5-2-6-17-9-11(10-18(12,13)14)3-7-16-8-4-11/h2-10H2,1H3. The highest BCUT2D eigenvalue weighted by Gasteiger charge is 2.37. The van der Waals surface area contributed by atoms with Crippen LogP contribution in [0, 0.1) is 5.41 Å². The van der Waals surface area contributed by atoms with Crippen LogP contribution in [-0.2, 0) is 23.3 Å². The Hall–Kier alpha value is 0.120. The molecule has 1 heterocycles. The molecule has 0 bridgehead atoms. The Morgan fingerprint density at radius 1 is 1.28 bits per heavy atom. The fraction of sp³-hybridized carbons (Fsp3) is 1.00. The van der Waals surface area contributed by atoms with Gasteiger partial charge in [0.05, 0.1) is 12.4 Å². The fourth-order valence-corrected chi connectivity index (χ4v) is 3.89. The van der Waals surface area contributed by atoms with Gasteiger partial charge in [0.25, 0.3) is 0 Å². The van der Waals surface area contributed by atoms with Crippen LogP contribution in [0.2, 0.25) is 0 Å². The van der Waals surface area contributed by atoms with Gasteiger partial charge in [-0.3, -0.25) is 0 Å². The van der Waals surface area contributed by atoms with Crippen molar-refractivity contribution in [3.05, 3.63) is 0 Å². The van der Waals surface area contributed by atoms with Gasteiger partial charge in [0, 0.05) is 49.6 Å². The molecular weight excluding hydrogens is 280 g/mol. The monoisotopic (exact) mass is 300 g/mol. The summed E-state index contributed by atoms with van der Waals surface area (Å²) in [5.41, 5.74) is -0.397. The van der Waals surface area contributed by atoms with E-state index in [0.717, 1.165) is 6.42 Å². The normalized spacial score (nSPS) is 19.9. The average Bonchev–Trinajstić information content (AvgIpc) is 2.27. The molecule has 1 aliphatic heterocycles. The molecule has 0 spiro atoms. The Bertz CT molecular complexity index is 324. The first-order valence-corrected chi connectivity index (χ1v) is 8.52. The lowest BCUT2D eigenvalue weighted by molar-refractivity contribution is -0.0304. The van der Waals surface area contributed by atoms with Crippen molar-refractivity contribution in [3.63, 3.8) is 0 Å². The van der Waals surface area contributed by atoms with Crippen LogP contribution < -0.4 is 0 Å². The maximum atomic E-state index is 11.3. The second kappa shape index (κ2) is 7.65. The molecule has 0 saturated carbocycles. The van der Waals surface area contributed by atoms with Crippen molar-refractivity contribution in [2.45, 2.75) is 19.3 Å². The lowest BCUT2D eigenvalue weighted by Crippen LogP contribution is -2.39. The predicted octanol–water partition coefficient (Wildman–Crippen LogP) is 1.40. The zero-order chi connectivity index (χ0) is 13.5. The Kier molecular flexibility index (Phi) is 6.87. The van der Waals surface area contributed by atoms with E-state index in [1.807, 2.05) is 0 Å². The van der Waals surface area contributed by atoms with Crippen molar-refractivity contribution in [2.75, 3.05) is 45.9 Å². The summed E-state index contributed by atoms with van der Waals surface area (Å²) in [6.07, 6.45) is 2.14. The summed E-state index contributed by atoms with van der Waals surface area (Å²) >= 11 is 0. The van der Waals surface area contributed by atoms with Crippen LogP contribution in [0.4, 0.5) is 0 Å². The van der Waals surface area contributed by atoms with E-state index in [0.29, 0.717) is 45.9 Å². The fourth-order valence-electron chi connectivity index (χ4n) is 2.09. The zero-order valence-corrected chi connectivity index (χ0v) is 12.3. The second-order valence-electron chi connectivity index (χ2n) is 4.69. The van der Waals surface area contributed by atoms with Crippen LogP contribution in [0.5, 0.6) is 0 Å². The molecule has 0 N–H and O–H groups in total. The topological polar surface area (TPSA) is 61.8 Å². The average molecular weight is 301 g/mol. The third kappa shape index (κ3) is 6.33. The maximum absolute atomic E-state index is 11.3. The van der Waals surface area contributed by atoms with Crippen molar-refractivity contribution in [3.8, 4) is 0 Å². The SMILES string of the molecule is COCCCOCC1(CS(=O)(=O)Cl)CCOCC1. The molecule has 0 atom stereocenters. The van der Waals surface area contributed by atoms with Gasteiger partial charge in [-0.15, -0.1) is 0 Å². The molecular formula is C11H21ClO5S. The van der Waals surface area contributed by atoms with E-state index in [1.165, 1.54) is 0 Å². The number of ether oxygens (including phenoxy) is 3. The van der Waals surface area contributed by atoms with Gasteiger partial charge in [-0.2, -0.15) is 0 Å². The number of hydrogen-bond donors (Lipinski definition) is 0. The van der Waals surface area contributed by atoms with Gasteiger partial charge in [0.2, 0.25) is 9.05 Å². The molecule has 0 aromatic heterocycles. The number of methoxy groups -OCH3 is 1. The van der Waals surface area contributed by atoms with Gasteiger partial charge in [-0.05, 0) is 19.3 Å². The second-order valence-corrected chi connectivity index (χ2v) is 7.47. The molecule has 0 amide bonds. The molecule has 0 unspecified atom stereocenters. The third-order valence-corrected chi connectivity index (χ3v) is 4.36. The van der Waals surface area contributed by atoms with Gasteiger partial charge in [-0.25, -0.2) is 8.42 Å². The highest BCUT2D eigenvalue weighted by atomic mass is 35.7. The van der Waals surface area contributed by atoms with Crippen LogP contribution in [0.1, 0.15) is 19.3 Å². The molecule has 1 saturated heterocycles. The first-order chi connectivity index (χ1) is 8.47. The van der Waals surface area contributed by atoms with Crippen molar-refractivity contribution >= 4 is 19.7 Å². The van der Waals surface area contributed by atoms with Crippen molar-refractivity contribution in [2.24, 2.45) is 5.41 Å². The Balaban J connectivity index is 2.45. The number of rotatable bonds is 8. The third-order valence-electron chi connectivity index (χ3n) is 3.08. The smallest absolute Gasteiger partial charge is 0.233 e. The van der Waals surface area contributed by atoms with Crippen LogP contribution in [0.25, 0.3) is 0 Å². The van der Waals surface area contributed by atoms with E-state index in [-0.39, 0.29) is 5.75 Å². The van der Waals surface area contributed by atoms with E-state index >= 15 is 0 Å². The number of halogens is 1. The highest BCUT2D eigenvalue weighted by molar-refractivity contribution is 8.13. The molecule has 0 aliphatic carbocycles. The largest absolute Gasteiger partial charge is 0.385 e. The maximum Gasteiger partial charge on any atom is 0.233 e. The quantitative estimate of drug-likeness (QED) is 0.501. The first kappa shape index (κ1) is 16.2. The Labute approximate surface area is 113 Å². The molecule has 1 aliphatic rings. The summed E-state index contributed by atoms with van der Waals surface area (Å²) in [6.45, 7) is 2.75. The predicted molar refractivity (Wildman–Crippen MR) is 69.4 cm³/mol. The van der Waals surface area contributed by atoms with Crippen LogP contribution in [-0.4, -0.2) is 54.3 Å². The minimum atomic E-state index is -3.52. The minimum absolute atomic E-state index is 0.0464. The van der Waals surface area contributed by atoms with Crippen molar-refractivity contribution in [1.82, 2.24) is 0 Å². The Morgan fingerprint density at radius 3 is 2.50 bits per heavy atom. The summed E-state index contributed by atoms with van der Waals surface area (Å²) in [5, 5.41) is 0.